The van der Waals surface area contributed by atoms with E-state index in [0.29, 0.717) is 12.1 Å². The highest BCUT2D eigenvalue weighted by molar-refractivity contribution is 5.85. The second-order valence-electron chi connectivity index (χ2n) is 5.86. The number of H-pyrrole nitrogens is 1. The van der Waals surface area contributed by atoms with Crippen LogP contribution in [0.15, 0.2) is 36.0 Å². The summed E-state index contributed by atoms with van der Waals surface area (Å²) in [6.07, 6.45) is 3.46. The van der Waals surface area contributed by atoms with E-state index in [1.807, 2.05) is 13.0 Å². The normalized spacial score (nSPS) is 25.3. The quantitative estimate of drug-likeness (QED) is 0.646. The van der Waals surface area contributed by atoms with Crippen LogP contribution in [0, 0.1) is 10.1 Å². The highest BCUT2D eigenvalue weighted by Gasteiger charge is 2.40. The molecule has 5 heteroatoms. The van der Waals surface area contributed by atoms with Crippen molar-refractivity contribution in [1.29, 1.82) is 0 Å². The Balaban J connectivity index is 1.82. The summed E-state index contributed by atoms with van der Waals surface area (Å²) in [5.41, 5.74) is 4.14. The summed E-state index contributed by atoms with van der Waals surface area (Å²) in [7, 11) is 0. The van der Waals surface area contributed by atoms with Crippen molar-refractivity contribution in [2.24, 2.45) is 0 Å². The Labute approximate surface area is 122 Å². The molecule has 3 heterocycles. The Bertz CT molecular complexity index is 762. The van der Waals surface area contributed by atoms with Gasteiger partial charge in [-0.15, -0.1) is 0 Å². The molecule has 1 aromatic heterocycles. The van der Waals surface area contributed by atoms with E-state index in [9.17, 15) is 10.1 Å². The lowest BCUT2D eigenvalue weighted by atomic mass is 9.90. The molecule has 0 saturated heterocycles. The number of rotatable bonds is 1. The van der Waals surface area contributed by atoms with E-state index in [1.165, 1.54) is 22.2 Å². The third-order valence-electron chi connectivity index (χ3n) is 4.89. The summed E-state index contributed by atoms with van der Waals surface area (Å²) < 4.78 is 0. The second-order valence-corrected chi connectivity index (χ2v) is 5.86. The number of hydrogen-bond acceptors (Lipinski definition) is 3. The van der Waals surface area contributed by atoms with E-state index >= 15 is 0 Å². The third-order valence-corrected chi connectivity index (χ3v) is 4.89. The fraction of sp³-hybridized carbons (Fsp3) is 0.375. The summed E-state index contributed by atoms with van der Waals surface area (Å²) in [5.74, 6) is 0. The first kappa shape index (κ1) is 12.6. The van der Waals surface area contributed by atoms with Crippen LogP contribution in [0.5, 0.6) is 0 Å². The number of aromatic nitrogens is 1. The van der Waals surface area contributed by atoms with Crippen molar-refractivity contribution in [2.45, 2.75) is 31.8 Å². The SMILES string of the molecule is C[C@@H]1C([N+](=O)[O-])=CC[C@H]2c3[nH]c4ccccc4c3CCN12. The van der Waals surface area contributed by atoms with Crippen LogP contribution in [-0.2, 0) is 6.42 Å². The molecule has 108 valence electrons. The molecule has 2 atom stereocenters. The Morgan fingerprint density at radius 3 is 3.00 bits per heavy atom. The van der Waals surface area contributed by atoms with Gasteiger partial charge in [-0.1, -0.05) is 18.2 Å². The van der Waals surface area contributed by atoms with Crippen LogP contribution >= 0.6 is 0 Å². The number of benzene rings is 1. The van der Waals surface area contributed by atoms with Crippen molar-refractivity contribution in [1.82, 2.24) is 9.88 Å². The van der Waals surface area contributed by atoms with Gasteiger partial charge in [0.1, 0.15) is 0 Å². The maximum absolute atomic E-state index is 11.1. The number of hydrogen-bond donors (Lipinski definition) is 1. The summed E-state index contributed by atoms with van der Waals surface area (Å²) in [4.78, 5) is 16.7. The van der Waals surface area contributed by atoms with Crippen LogP contribution in [0.25, 0.3) is 10.9 Å². The molecule has 4 rings (SSSR count). The lowest BCUT2D eigenvalue weighted by molar-refractivity contribution is -0.434. The molecule has 0 unspecified atom stereocenters. The van der Waals surface area contributed by atoms with E-state index < -0.39 is 0 Å². The minimum atomic E-state index is -0.235. The van der Waals surface area contributed by atoms with Crippen molar-refractivity contribution in [2.75, 3.05) is 6.54 Å². The van der Waals surface area contributed by atoms with Gasteiger partial charge in [0.2, 0.25) is 0 Å². The third kappa shape index (κ3) is 1.74. The second kappa shape index (κ2) is 4.43. The lowest BCUT2D eigenvalue weighted by Crippen LogP contribution is -2.45. The van der Waals surface area contributed by atoms with E-state index in [0.717, 1.165) is 13.0 Å². The number of nitro groups is 1. The molecular weight excluding hydrogens is 266 g/mol. The molecular formula is C16H17N3O2. The molecule has 0 amide bonds. The Morgan fingerprint density at radius 1 is 1.38 bits per heavy atom. The van der Waals surface area contributed by atoms with Gasteiger partial charge in [-0.05, 0) is 37.5 Å². The smallest absolute Gasteiger partial charge is 0.259 e. The lowest BCUT2D eigenvalue weighted by Gasteiger charge is -2.40. The van der Waals surface area contributed by atoms with Gasteiger partial charge in [0, 0.05) is 23.1 Å². The number of para-hydroxylation sites is 1. The molecule has 0 aliphatic carbocycles. The molecule has 0 saturated carbocycles. The predicted molar refractivity (Wildman–Crippen MR) is 80.6 cm³/mol. The van der Waals surface area contributed by atoms with E-state index in [4.69, 9.17) is 0 Å². The molecule has 0 bridgehead atoms. The van der Waals surface area contributed by atoms with E-state index in [-0.39, 0.29) is 17.0 Å². The molecule has 2 aromatic rings. The maximum atomic E-state index is 11.1. The largest absolute Gasteiger partial charge is 0.357 e. The molecule has 2 aliphatic rings. The van der Waals surface area contributed by atoms with Crippen LogP contribution in [0.2, 0.25) is 0 Å². The topological polar surface area (TPSA) is 62.2 Å². The zero-order valence-electron chi connectivity index (χ0n) is 11.9. The van der Waals surface area contributed by atoms with Gasteiger partial charge in [0.05, 0.1) is 17.0 Å². The van der Waals surface area contributed by atoms with Gasteiger partial charge >= 0.3 is 0 Å². The molecule has 21 heavy (non-hydrogen) atoms. The average molecular weight is 283 g/mol. The molecule has 1 aromatic carbocycles. The Hall–Kier alpha value is -2.14. The first-order chi connectivity index (χ1) is 10.2. The molecule has 2 aliphatic heterocycles. The van der Waals surface area contributed by atoms with Crippen molar-refractivity contribution >= 4 is 10.9 Å². The van der Waals surface area contributed by atoms with Gasteiger partial charge in [-0.3, -0.25) is 15.0 Å². The molecule has 5 nitrogen and oxygen atoms in total. The van der Waals surface area contributed by atoms with Gasteiger partial charge in [0.15, 0.2) is 0 Å². The Morgan fingerprint density at radius 2 is 2.19 bits per heavy atom. The molecule has 0 fully saturated rings. The maximum Gasteiger partial charge on any atom is 0.259 e. The summed E-state index contributed by atoms with van der Waals surface area (Å²) in [5, 5.41) is 12.4. The predicted octanol–water partition coefficient (Wildman–Crippen LogP) is 3.02. The van der Waals surface area contributed by atoms with Crippen LogP contribution < -0.4 is 0 Å². The van der Waals surface area contributed by atoms with Gasteiger partial charge in [-0.2, -0.15) is 0 Å². The van der Waals surface area contributed by atoms with Crippen LogP contribution in [-0.4, -0.2) is 27.4 Å². The van der Waals surface area contributed by atoms with Gasteiger partial charge in [0.25, 0.3) is 5.70 Å². The number of nitrogens with one attached hydrogen (secondary N) is 1. The first-order valence-corrected chi connectivity index (χ1v) is 7.36. The van der Waals surface area contributed by atoms with Gasteiger partial charge < -0.3 is 4.98 Å². The zero-order chi connectivity index (χ0) is 14.6. The first-order valence-electron chi connectivity index (χ1n) is 7.36. The fourth-order valence-electron chi connectivity index (χ4n) is 3.85. The van der Waals surface area contributed by atoms with Crippen LogP contribution in [0.3, 0.4) is 0 Å². The van der Waals surface area contributed by atoms with Gasteiger partial charge in [-0.25, -0.2) is 0 Å². The summed E-state index contributed by atoms with van der Waals surface area (Å²) in [6, 6.07) is 8.47. The minimum absolute atomic E-state index is 0.127. The Kier molecular flexibility index (Phi) is 2.65. The summed E-state index contributed by atoms with van der Waals surface area (Å²) in [6.45, 7) is 2.82. The number of nitrogens with zero attached hydrogens (tertiary/aromatic N) is 2. The zero-order valence-corrected chi connectivity index (χ0v) is 11.9. The molecule has 1 N–H and O–H groups in total. The minimum Gasteiger partial charge on any atom is -0.357 e. The molecule has 0 radical (unpaired) electrons. The van der Waals surface area contributed by atoms with Crippen LogP contribution in [0.1, 0.15) is 30.6 Å². The monoisotopic (exact) mass is 283 g/mol. The fourth-order valence-corrected chi connectivity index (χ4v) is 3.85. The van der Waals surface area contributed by atoms with Crippen molar-refractivity contribution in [3.05, 3.63) is 57.4 Å². The number of fused-ring (bicyclic) bond motifs is 5. The number of aromatic amines is 1. The average Bonchev–Trinajstić information content (AvgIpc) is 2.86. The van der Waals surface area contributed by atoms with E-state index in [1.54, 1.807) is 6.08 Å². The highest BCUT2D eigenvalue weighted by Crippen LogP contribution is 2.40. The standard InChI is InChI=1S/C16H17N3O2/c1-10-14(19(20)21)6-7-15-16-12(8-9-18(10)15)11-4-2-3-5-13(11)17-16/h2-6,10,15,17H,7-9H2,1H3/t10-,15+/m1/s1. The van der Waals surface area contributed by atoms with Crippen LogP contribution in [0.4, 0.5) is 0 Å². The van der Waals surface area contributed by atoms with E-state index in [2.05, 4.69) is 28.1 Å². The van der Waals surface area contributed by atoms with Crippen molar-refractivity contribution < 1.29 is 4.92 Å². The van der Waals surface area contributed by atoms with Crippen molar-refractivity contribution in [3.63, 3.8) is 0 Å². The molecule has 0 spiro atoms. The van der Waals surface area contributed by atoms with Crippen molar-refractivity contribution in [3.8, 4) is 0 Å². The summed E-state index contributed by atoms with van der Waals surface area (Å²) >= 11 is 0. The highest BCUT2D eigenvalue weighted by atomic mass is 16.6.